The van der Waals surface area contributed by atoms with Gasteiger partial charge in [0.2, 0.25) is 5.82 Å². The summed E-state index contributed by atoms with van der Waals surface area (Å²) < 4.78 is 10.6. The van der Waals surface area contributed by atoms with E-state index in [1.165, 1.54) is 17.4 Å². The van der Waals surface area contributed by atoms with Crippen molar-refractivity contribution in [2.45, 2.75) is 6.61 Å². The van der Waals surface area contributed by atoms with Crippen LogP contribution in [0.15, 0.2) is 46.3 Å². The second kappa shape index (κ2) is 5.76. The van der Waals surface area contributed by atoms with Crippen molar-refractivity contribution in [1.29, 1.82) is 0 Å². The van der Waals surface area contributed by atoms with Crippen molar-refractivity contribution in [2.75, 3.05) is 0 Å². The van der Waals surface area contributed by atoms with Crippen molar-refractivity contribution < 1.29 is 19.2 Å². The first-order chi connectivity index (χ1) is 10.2. The third-order valence-electron chi connectivity index (χ3n) is 2.67. The quantitative estimate of drug-likeness (QED) is 0.779. The molecule has 0 amide bonds. The van der Waals surface area contributed by atoms with Crippen LogP contribution < -0.4 is 4.74 Å². The zero-order valence-electron chi connectivity index (χ0n) is 10.7. The van der Waals surface area contributed by atoms with Crippen LogP contribution in [0.25, 0.3) is 10.8 Å². The highest BCUT2D eigenvalue weighted by Gasteiger charge is 2.13. The summed E-state index contributed by atoms with van der Waals surface area (Å²) in [7, 11) is 0. The van der Waals surface area contributed by atoms with E-state index in [2.05, 4.69) is 10.1 Å². The van der Waals surface area contributed by atoms with Gasteiger partial charge in [-0.25, -0.2) is 4.79 Å². The number of benzene rings is 1. The molecule has 2 aromatic heterocycles. The number of rotatable bonds is 5. The van der Waals surface area contributed by atoms with E-state index in [1.54, 1.807) is 18.2 Å². The predicted octanol–water partition coefficient (Wildman–Crippen LogP) is 3.08. The Kier molecular flexibility index (Phi) is 3.65. The van der Waals surface area contributed by atoms with Crippen LogP contribution in [-0.2, 0) is 6.61 Å². The zero-order valence-corrected chi connectivity index (χ0v) is 11.5. The van der Waals surface area contributed by atoms with Crippen molar-refractivity contribution in [3.05, 3.63) is 53.2 Å². The molecule has 0 spiro atoms. The fourth-order valence-corrected chi connectivity index (χ4v) is 2.37. The van der Waals surface area contributed by atoms with Crippen molar-refractivity contribution in [2.24, 2.45) is 0 Å². The molecule has 0 aliphatic rings. The second-order valence-corrected chi connectivity index (χ2v) is 5.03. The van der Waals surface area contributed by atoms with Crippen LogP contribution in [-0.4, -0.2) is 21.2 Å². The lowest BCUT2D eigenvalue weighted by Crippen LogP contribution is -2.04. The van der Waals surface area contributed by atoms with Crippen LogP contribution >= 0.6 is 11.3 Å². The van der Waals surface area contributed by atoms with Gasteiger partial charge in [-0.05, 0) is 23.6 Å². The van der Waals surface area contributed by atoms with Gasteiger partial charge in [0.05, 0.1) is 4.88 Å². The number of nitrogens with zero attached hydrogens (tertiary/aromatic N) is 2. The summed E-state index contributed by atoms with van der Waals surface area (Å²) in [5.41, 5.74) is 0.0967. The largest absolute Gasteiger partial charge is 0.485 e. The molecule has 0 radical (unpaired) electrons. The van der Waals surface area contributed by atoms with E-state index in [0.717, 1.165) is 4.88 Å². The molecule has 0 atom stereocenters. The maximum absolute atomic E-state index is 11.1. The van der Waals surface area contributed by atoms with Crippen LogP contribution in [0, 0.1) is 0 Å². The number of carboxylic acids is 1. The minimum Gasteiger partial charge on any atom is -0.485 e. The highest BCUT2D eigenvalue weighted by Crippen LogP contribution is 2.23. The van der Waals surface area contributed by atoms with Gasteiger partial charge in [0, 0.05) is 0 Å². The Morgan fingerprint density at radius 1 is 1.29 bits per heavy atom. The molecule has 7 heteroatoms. The van der Waals surface area contributed by atoms with E-state index < -0.39 is 5.97 Å². The molecule has 1 N–H and O–H groups in total. The summed E-state index contributed by atoms with van der Waals surface area (Å²) in [6.07, 6.45) is 0. The molecule has 21 heavy (non-hydrogen) atoms. The molecule has 3 rings (SSSR count). The molecule has 3 aromatic rings. The maximum Gasteiger partial charge on any atom is 0.339 e. The Labute approximate surface area is 123 Å². The highest BCUT2D eigenvalue weighted by atomic mass is 32.1. The minimum absolute atomic E-state index is 0.0408. The molecule has 0 bridgehead atoms. The molecule has 0 fully saturated rings. The highest BCUT2D eigenvalue weighted by molar-refractivity contribution is 7.13. The minimum atomic E-state index is -1.04. The van der Waals surface area contributed by atoms with Gasteiger partial charge in [0.25, 0.3) is 5.89 Å². The van der Waals surface area contributed by atoms with Crippen LogP contribution in [0.4, 0.5) is 0 Å². The molecule has 0 aliphatic carbocycles. The third kappa shape index (κ3) is 2.92. The van der Waals surface area contributed by atoms with Gasteiger partial charge in [-0.3, -0.25) is 0 Å². The first kappa shape index (κ1) is 13.3. The molecule has 2 heterocycles. The SMILES string of the molecule is O=C(O)c1ccccc1OCc1noc(-c2cccs2)n1. The lowest BCUT2D eigenvalue weighted by Gasteiger charge is -2.06. The first-order valence-electron chi connectivity index (χ1n) is 6.05. The molecular formula is C14H10N2O4S. The summed E-state index contributed by atoms with van der Waals surface area (Å²) in [5, 5.41) is 14.8. The Morgan fingerprint density at radius 2 is 2.14 bits per heavy atom. The zero-order chi connectivity index (χ0) is 14.7. The van der Waals surface area contributed by atoms with Crippen molar-refractivity contribution in [1.82, 2.24) is 10.1 Å². The fourth-order valence-electron chi connectivity index (χ4n) is 1.72. The second-order valence-electron chi connectivity index (χ2n) is 4.08. The number of aromatic carboxylic acids is 1. The smallest absolute Gasteiger partial charge is 0.339 e. The number of para-hydroxylation sites is 1. The van der Waals surface area contributed by atoms with Gasteiger partial charge in [0.1, 0.15) is 11.3 Å². The number of carboxylic acid groups (broad SMARTS) is 1. The van der Waals surface area contributed by atoms with E-state index in [1.807, 2.05) is 17.5 Å². The standard InChI is InChI=1S/C14H10N2O4S/c17-14(18)9-4-1-2-5-10(9)19-8-12-15-13(20-16-12)11-6-3-7-21-11/h1-7H,8H2,(H,17,18). The number of thiophene rings is 1. The number of carbonyl (C=O) groups is 1. The monoisotopic (exact) mass is 302 g/mol. The summed E-state index contributed by atoms with van der Waals surface area (Å²) in [6, 6.07) is 10.2. The molecular weight excluding hydrogens is 292 g/mol. The van der Waals surface area contributed by atoms with Gasteiger partial charge in [-0.15, -0.1) is 11.3 Å². The van der Waals surface area contributed by atoms with Gasteiger partial charge < -0.3 is 14.4 Å². The van der Waals surface area contributed by atoms with Gasteiger partial charge in [-0.1, -0.05) is 23.4 Å². The number of hydrogen-bond acceptors (Lipinski definition) is 6. The van der Waals surface area contributed by atoms with Crippen LogP contribution in [0.3, 0.4) is 0 Å². The Bertz CT molecular complexity index is 752. The summed E-state index contributed by atoms with van der Waals surface area (Å²) >= 11 is 1.50. The number of hydrogen-bond donors (Lipinski definition) is 1. The van der Waals surface area contributed by atoms with Crippen LogP contribution in [0.1, 0.15) is 16.2 Å². The first-order valence-corrected chi connectivity index (χ1v) is 6.93. The molecule has 106 valence electrons. The van der Waals surface area contributed by atoms with Crippen LogP contribution in [0.2, 0.25) is 0 Å². The molecule has 0 saturated heterocycles. The van der Waals surface area contributed by atoms with Crippen LogP contribution in [0.5, 0.6) is 5.75 Å². The lowest BCUT2D eigenvalue weighted by atomic mass is 10.2. The predicted molar refractivity (Wildman–Crippen MR) is 75.3 cm³/mol. The molecule has 0 saturated carbocycles. The van der Waals surface area contributed by atoms with Gasteiger partial charge >= 0.3 is 5.97 Å². The number of aromatic nitrogens is 2. The number of ether oxygens (including phenoxy) is 1. The Hall–Kier alpha value is -2.67. The topological polar surface area (TPSA) is 85.5 Å². The van der Waals surface area contributed by atoms with Crippen molar-refractivity contribution >= 4 is 17.3 Å². The van der Waals surface area contributed by atoms with E-state index >= 15 is 0 Å². The van der Waals surface area contributed by atoms with Crippen molar-refractivity contribution in [3.8, 4) is 16.5 Å². The average Bonchev–Trinajstić information content (AvgIpc) is 3.16. The van der Waals surface area contributed by atoms with Gasteiger partial charge in [0.15, 0.2) is 6.61 Å². The molecule has 0 unspecified atom stereocenters. The lowest BCUT2D eigenvalue weighted by molar-refractivity contribution is 0.0691. The molecule has 1 aromatic carbocycles. The van der Waals surface area contributed by atoms with Crippen molar-refractivity contribution in [3.63, 3.8) is 0 Å². The Balaban J connectivity index is 1.73. The maximum atomic E-state index is 11.1. The Morgan fingerprint density at radius 3 is 2.90 bits per heavy atom. The van der Waals surface area contributed by atoms with E-state index in [9.17, 15) is 4.79 Å². The van der Waals surface area contributed by atoms with E-state index in [0.29, 0.717) is 11.7 Å². The molecule has 0 aliphatic heterocycles. The van der Waals surface area contributed by atoms with E-state index in [-0.39, 0.29) is 17.9 Å². The average molecular weight is 302 g/mol. The molecule has 6 nitrogen and oxygen atoms in total. The third-order valence-corrected chi connectivity index (χ3v) is 3.53. The summed E-state index contributed by atoms with van der Waals surface area (Å²) in [6.45, 7) is 0.0408. The fraction of sp³-hybridized carbons (Fsp3) is 0.0714. The summed E-state index contributed by atoms with van der Waals surface area (Å²) in [5.74, 6) is 0.0131. The van der Waals surface area contributed by atoms with Gasteiger partial charge in [-0.2, -0.15) is 4.98 Å². The van der Waals surface area contributed by atoms with E-state index in [4.69, 9.17) is 14.4 Å². The normalized spacial score (nSPS) is 10.5. The summed E-state index contributed by atoms with van der Waals surface area (Å²) in [4.78, 5) is 16.1.